The number of thioether (sulfide) groups is 1. The quantitative estimate of drug-likeness (QED) is 0.800. The molecule has 1 fully saturated rings. The molecule has 0 atom stereocenters. The third kappa shape index (κ3) is 1.96. The van der Waals surface area contributed by atoms with Gasteiger partial charge in [0.15, 0.2) is 5.58 Å². The van der Waals surface area contributed by atoms with E-state index in [9.17, 15) is 0 Å². The summed E-state index contributed by atoms with van der Waals surface area (Å²) in [6.45, 7) is 0. The second-order valence-corrected chi connectivity index (χ2v) is 5.61. The lowest BCUT2D eigenvalue weighted by Crippen LogP contribution is -1.78. The summed E-state index contributed by atoms with van der Waals surface area (Å²) < 4.78 is 5.25. The van der Waals surface area contributed by atoms with Crippen LogP contribution in [0.1, 0.15) is 12.8 Å². The Hall–Kier alpha value is -0.380. The third-order valence-corrected chi connectivity index (χ3v) is 4.22. The molecule has 0 bridgehead atoms. The van der Waals surface area contributed by atoms with Gasteiger partial charge in [-0.15, -0.1) is 11.8 Å². The summed E-state index contributed by atoms with van der Waals surface area (Å²) in [4.78, 5) is 5.07. The molecular formula is C10H7Cl2NOS. The fourth-order valence-corrected chi connectivity index (χ4v) is 2.90. The van der Waals surface area contributed by atoms with E-state index in [1.807, 2.05) is 6.07 Å². The maximum Gasteiger partial charge on any atom is 0.293 e. The normalized spacial score (nSPS) is 16.1. The van der Waals surface area contributed by atoms with E-state index in [1.54, 1.807) is 17.8 Å². The summed E-state index contributed by atoms with van der Waals surface area (Å²) in [7, 11) is 0. The van der Waals surface area contributed by atoms with Gasteiger partial charge in [-0.05, 0) is 36.6 Å². The first-order valence-corrected chi connectivity index (χ1v) is 6.28. The molecule has 3 rings (SSSR count). The fourth-order valence-electron chi connectivity index (χ4n) is 1.36. The van der Waals surface area contributed by atoms with E-state index in [1.165, 1.54) is 12.8 Å². The van der Waals surface area contributed by atoms with Crippen LogP contribution in [0.4, 0.5) is 0 Å². The van der Waals surface area contributed by atoms with Crippen LogP contribution in [0, 0.1) is 0 Å². The Labute approximate surface area is 101 Å². The number of nitrogens with zero attached hydrogens (tertiary/aromatic N) is 1. The van der Waals surface area contributed by atoms with Gasteiger partial charge in [0.1, 0.15) is 5.52 Å². The maximum absolute atomic E-state index is 6.14. The zero-order valence-electron chi connectivity index (χ0n) is 7.67. The van der Waals surface area contributed by atoms with Gasteiger partial charge in [0, 0.05) is 10.1 Å². The first-order valence-electron chi connectivity index (χ1n) is 4.64. The van der Waals surface area contributed by atoms with Crippen molar-refractivity contribution >= 4 is 46.1 Å². The highest BCUT2D eigenvalue weighted by Gasteiger charge is 2.24. The van der Waals surface area contributed by atoms with Crippen LogP contribution >= 0.6 is 35.0 Å². The van der Waals surface area contributed by atoms with Crippen molar-refractivity contribution in [3.63, 3.8) is 0 Å². The lowest BCUT2D eigenvalue weighted by molar-refractivity contribution is 0.604. The molecule has 0 saturated heterocycles. The van der Waals surface area contributed by atoms with Crippen molar-refractivity contribution in [2.45, 2.75) is 23.0 Å². The van der Waals surface area contributed by atoms with Gasteiger partial charge in [0.25, 0.3) is 5.35 Å². The molecule has 1 aromatic heterocycles. The summed E-state index contributed by atoms with van der Waals surface area (Å²) in [5, 5.41) is 1.61. The predicted molar refractivity (Wildman–Crippen MR) is 62.9 cm³/mol. The van der Waals surface area contributed by atoms with Gasteiger partial charge in [-0.3, -0.25) is 0 Å². The summed E-state index contributed by atoms with van der Waals surface area (Å²) in [5.41, 5.74) is 1.41. The minimum Gasteiger partial charge on any atom is -0.428 e. The first-order chi connectivity index (χ1) is 7.22. The van der Waals surface area contributed by atoms with Crippen LogP contribution < -0.4 is 0 Å². The van der Waals surface area contributed by atoms with Crippen molar-refractivity contribution in [2.24, 2.45) is 0 Å². The largest absolute Gasteiger partial charge is 0.428 e. The Morgan fingerprint density at radius 2 is 2.13 bits per heavy atom. The van der Waals surface area contributed by atoms with Crippen molar-refractivity contribution in [3.8, 4) is 0 Å². The van der Waals surface area contributed by atoms with E-state index in [4.69, 9.17) is 27.6 Å². The zero-order valence-corrected chi connectivity index (χ0v) is 9.99. The molecule has 78 valence electrons. The van der Waals surface area contributed by atoms with Gasteiger partial charge in [-0.1, -0.05) is 11.6 Å². The monoisotopic (exact) mass is 259 g/mol. The fraction of sp³-hybridized carbons (Fsp3) is 0.300. The van der Waals surface area contributed by atoms with Crippen molar-refractivity contribution in [1.82, 2.24) is 4.98 Å². The molecule has 0 spiro atoms. The Morgan fingerprint density at radius 1 is 1.33 bits per heavy atom. The molecular weight excluding hydrogens is 253 g/mol. The number of aromatic nitrogens is 1. The molecule has 0 aliphatic heterocycles. The van der Waals surface area contributed by atoms with Gasteiger partial charge in [0.05, 0.1) is 5.02 Å². The third-order valence-electron chi connectivity index (χ3n) is 2.23. The highest BCUT2D eigenvalue weighted by molar-refractivity contribution is 8.00. The van der Waals surface area contributed by atoms with E-state index in [2.05, 4.69) is 4.98 Å². The Balaban J connectivity index is 2.08. The average molecular weight is 260 g/mol. The molecule has 1 aliphatic carbocycles. The van der Waals surface area contributed by atoms with E-state index < -0.39 is 0 Å². The number of hydrogen-bond donors (Lipinski definition) is 0. The Kier molecular flexibility index (Phi) is 2.34. The smallest absolute Gasteiger partial charge is 0.293 e. The standard InChI is InChI=1S/C10H7Cl2NOS/c11-6-3-7-8(14-10(12)13-7)4-9(6)15-5-1-2-5/h3-5H,1-2H2. The predicted octanol–water partition coefficient (Wildman–Crippen LogP) is 4.39. The average Bonchev–Trinajstić information content (AvgIpc) is 2.90. The summed E-state index contributed by atoms with van der Waals surface area (Å²) >= 11 is 13.6. The Bertz CT molecular complexity index is 521. The molecule has 0 radical (unpaired) electrons. The van der Waals surface area contributed by atoms with Crippen LogP contribution in [-0.4, -0.2) is 10.2 Å². The van der Waals surface area contributed by atoms with Crippen LogP contribution in [0.3, 0.4) is 0 Å². The molecule has 5 heteroatoms. The number of oxazole rings is 1. The molecule has 0 N–H and O–H groups in total. The molecule has 0 amide bonds. The van der Waals surface area contributed by atoms with Crippen LogP contribution in [0.2, 0.25) is 10.4 Å². The molecule has 1 aromatic carbocycles. The van der Waals surface area contributed by atoms with Gasteiger partial charge in [0.2, 0.25) is 0 Å². The molecule has 2 nitrogen and oxygen atoms in total. The van der Waals surface area contributed by atoms with Gasteiger partial charge < -0.3 is 4.42 Å². The molecule has 1 saturated carbocycles. The van der Waals surface area contributed by atoms with Crippen molar-refractivity contribution in [1.29, 1.82) is 0 Å². The van der Waals surface area contributed by atoms with Crippen molar-refractivity contribution < 1.29 is 4.42 Å². The van der Waals surface area contributed by atoms with E-state index >= 15 is 0 Å². The first kappa shape index (κ1) is 9.82. The van der Waals surface area contributed by atoms with Gasteiger partial charge >= 0.3 is 0 Å². The van der Waals surface area contributed by atoms with Crippen LogP contribution in [0.5, 0.6) is 0 Å². The summed E-state index contributed by atoms with van der Waals surface area (Å²) in [6, 6.07) is 3.72. The lowest BCUT2D eigenvalue weighted by atomic mass is 10.3. The second kappa shape index (κ2) is 3.58. The SMILES string of the molecule is Clc1nc2cc(Cl)c(SC3CC3)cc2o1. The van der Waals surface area contributed by atoms with E-state index in [0.717, 1.165) is 15.2 Å². The highest BCUT2D eigenvalue weighted by atomic mass is 35.5. The summed E-state index contributed by atoms with van der Waals surface area (Å²) in [5.74, 6) is 0. The molecule has 1 aliphatic rings. The topological polar surface area (TPSA) is 26.0 Å². The van der Waals surface area contributed by atoms with Gasteiger partial charge in [-0.2, -0.15) is 4.98 Å². The molecule has 2 aromatic rings. The Morgan fingerprint density at radius 3 is 2.87 bits per heavy atom. The molecule has 1 heterocycles. The number of benzene rings is 1. The number of hydrogen-bond acceptors (Lipinski definition) is 3. The van der Waals surface area contributed by atoms with Crippen LogP contribution in [-0.2, 0) is 0 Å². The van der Waals surface area contributed by atoms with E-state index in [0.29, 0.717) is 11.1 Å². The minimum atomic E-state index is 0.162. The van der Waals surface area contributed by atoms with Crippen LogP contribution in [0.15, 0.2) is 21.4 Å². The highest BCUT2D eigenvalue weighted by Crippen LogP contribution is 2.43. The minimum absolute atomic E-state index is 0.162. The molecule has 15 heavy (non-hydrogen) atoms. The van der Waals surface area contributed by atoms with Crippen molar-refractivity contribution in [2.75, 3.05) is 0 Å². The summed E-state index contributed by atoms with van der Waals surface area (Å²) in [6.07, 6.45) is 2.55. The lowest BCUT2D eigenvalue weighted by Gasteiger charge is -2.01. The maximum atomic E-state index is 6.14. The number of rotatable bonds is 2. The van der Waals surface area contributed by atoms with Crippen molar-refractivity contribution in [3.05, 3.63) is 22.5 Å². The molecule has 0 unspecified atom stereocenters. The van der Waals surface area contributed by atoms with Gasteiger partial charge in [-0.25, -0.2) is 0 Å². The number of halogens is 2. The van der Waals surface area contributed by atoms with Crippen LogP contribution in [0.25, 0.3) is 11.1 Å². The van der Waals surface area contributed by atoms with E-state index in [-0.39, 0.29) is 5.35 Å². The number of fused-ring (bicyclic) bond motifs is 1. The zero-order chi connectivity index (χ0) is 10.4. The second-order valence-electron chi connectivity index (χ2n) is 3.53.